The predicted octanol–water partition coefficient (Wildman–Crippen LogP) is 4.03. The van der Waals surface area contributed by atoms with Gasteiger partial charge in [0.2, 0.25) is 5.91 Å². The number of hydrogen-bond donors (Lipinski definition) is 3. The number of carboxylic acid groups (broad SMARTS) is 1. The lowest BCUT2D eigenvalue weighted by Crippen LogP contribution is -2.42. The fourth-order valence-corrected chi connectivity index (χ4v) is 5.37. The van der Waals surface area contributed by atoms with Crippen LogP contribution in [0.2, 0.25) is 0 Å². The molecule has 1 fully saturated rings. The molecule has 2 amide bonds. The lowest BCUT2D eigenvalue weighted by Gasteiger charge is -2.20. The van der Waals surface area contributed by atoms with Gasteiger partial charge in [0.15, 0.2) is 0 Å². The van der Waals surface area contributed by atoms with Gasteiger partial charge >= 0.3 is 5.97 Å². The minimum Gasteiger partial charge on any atom is -0.480 e. The summed E-state index contributed by atoms with van der Waals surface area (Å²) in [5, 5.41) is 15.9. The van der Waals surface area contributed by atoms with Crippen molar-refractivity contribution in [2.75, 3.05) is 23.3 Å². The van der Waals surface area contributed by atoms with Crippen molar-refractivity contribution in [1.82, 2.24) is 19.9 Å². The number of aromatic nitrogens is 3. The normalized spacial score (nSPS) is 15.4. The molecule has 5 rings (SSSR count). The lowest BCUT2D eigenvalue weighted by molar-refractivity contribution is -0.139. The zero-order chi connectivity index (χ0) is 29.6. The zero-order valence-corrected chi connectivity index (χ0v) is 23.7. The third-order valence-corrected chi connectivity index (χ3v) is 7.55. The molecule has 1 aliphatic heterocycles. The first-order valence-electron chi connectivity index (χ1n) is 14.0. The topological polar surface area (TPSA) is 129 Å². The molecular formula is C32H34N6O4. The van der Waals surface area contributed by atoms with Crippen LogP contribution in [0.5, 0.6) is 0 Å². The van der Waals surface area contributed by atoms with Gasteiger partial charge in [-0.2, -0.15) is 0 Å². The number of carbonyl (C=O) groups is 3. The van der Waals surface area contributed by atoms with E-state index in [-0.39, 0.29) is 18.2 Å². The number of amides is 2. The van der Waals surface area contributed by atoms with Gasteiger partial charge in [0.05, 0.1) is 6.33 Å². The molecule has 4 aromatic rings. The maximum absolute atomic E-state index is 13.3. The van der Waals surface area contributed by atoms with E-state index in [2.05, 4.69) is 20.6 Å². The monoisotopic (exact) mass is 566 g/mol. The highest BCUT2D eigenvalue weighted by Gasteiger charge is 2.31. The zero-order valence-electron chi connectivity index (χ0n) is 23.7. The van der Waals surface area contributed by atoms with Crippen LogP contribution in [0.3, 0.4) is 0 Å². The fourth-order valence-electron chi connectivity index (χ4n) is 5.37. The van der Waals surface area contributed by atoms with Crippen molar-refractivity contribution < 1.29 is 19.5 Å². The molecule has 0 saturated carbocycles. The molecular weight excluding hydrogens is 532 g/mol. The van der Waals surface area contributed by atoms with Gasteiger partial charge in [-0.15, -0.1) is 0 Å². The SMILES string of the molecule is CCc1cc(-n2ccnc2)cc(C)c1C(=O)NC(Cc1ccc(N2CC(CNc3ccccn3)CC2=O)cc1)C(=O)O. The van der Waals surface area contributed by atoms with Crippen LogP contribution in [0.4, 0.5) is 11.5 Å². The number of anilines is 2. The Kier molecular flexibility index (Phi) is 8.61. The van der Waals surface area contributed by atoms with Gasteiger partial charge in [-0.1, -0.05) is 25.1 Å². The van der Waals surface area contributed by atoms with Crippen molar-refractivity contribution in [2.45, 2.75) is 39.2 Å². The molecule has 2 aromatic carbocycles. The molecule has 2 atom stereocenters. The fraction of sp³-hybridized carbons (Fsp3) is 0.281. The van der Waals surface area contributed by atoms with E-state index >= 15 is 0 Å². The van der Waals surface area contributed by atoms with E-state index < -0.39 is 17.9 Å². The van der Waals surface area contributed by atoms with Crippen LogP contribution in [0, 0.1) is 12.8 Å². The Labute approximate surface area is 244 Å². The summed E-state index contributed by atoms with van der Waals surface area (Å²) in [7, 11) is 0. The van der Waals surface area contributed by atoms with Gasteiger partial charge < -0.3 is 25.2 Å². The number of aryl methyl sites for hydroxylation is 2. The van der Waals surface area contributed by atoms with E-state index in [1.54, 1.807) is 23.6 Å². The minimum absolute atomic E-state index is 0.0485. The third kappa shape index (κ3) is 6.49. The summed E-state index contributed by atoms with van der Waals surface area (Å²) in [5.41, 5.74) is 4.47. The van der Waals surface area contributed by atoms with Crippen molar-refractivity contribution in [2.24, 2.45) is 5.92 Å². The molecule has 3 N–H and O–H groups in total. The van der Waals surface area contributed by atoms with Gasteiger partial charge in [0.1, 0.15) is 11.9 Å². The molecule has 0 bridgehead atoms. The molecule has 0 radical (unpaired) electrons. The van der Waals surface area contributed by atoms with Crippen LogP contribution in [0.25, 0.3) is 5.69 Å². The van der Waals surface area contributed by atoms with Crippen molar-refractivity contribution in [3.05, 3.63) is 102 Å². The summed E-state index contributed by atoms with van der Waals surface area (Å²) in [6.07, 6.45) is 8.10. The molecule has 3 heterocycles. The number of aliphatic carboxylic acids is 1. The first-order valence-corrected chi connectivity index (χ1v) is 14.0. The van der Waals surface area contributed by atoms with E-state index in [4.69, 9.17) is 0 Å². The Bertz CT molecular complexity index is 1550. The van der Waals surface area contributed by atoms with Crippen LogP contribution >= 0.6 is 0 Å². The highest BCUT2D eigenvalue weighted by molar-refractivity contribution is 5.99. The largest absolute Gasteiger partial charge is 0.480 e. The van der Waals surface area contributed by atoms with Gasteiger partial charge in [-0.05, 0) is 66.4 Å². The summed E-state index contributed by atoms with van der Waals surface area (Å²) in [5.74, 6) is -0.557. The minimum atomic E-state index is -1.11. The molecule has 1 aliphatic rings. The van der Waals surface area contributed by atoms with Crippen LogP contribution < -0.4 is 15.5 Å². The van der Waals surface area contributed by atoms with Crippen molar-refractivity contribution in [3.8, 4) is 5.69 Å². The number of carbonyl (C=O) groups excluding carboxylic acids is 2. The van der Waals surface area contributed by atoms with Gasteiger partial charge in [0, 0.05) is 67.4 Å². The van der Waals surface area contributed by atoms with Crippen LogP contribution in [-0.4, -0.2) is 56.6 Å². The highest BCUT2D eigenvalue weighted by atomic mass is 16.4. The quantitative estimate of drug-likeness (QED) is 0.250. The standard InChI is InChI=1S/C32H34N6O4/c1-3-24-17-26(37-13-12-33-20-37)14-21(2)30(24)31(40)36-27(32(41)42)15-22-7-9-25(10-8-22)38-19-23(16-29(38)39)18-35-28-6-4-5-11-34-28/h4-14,17,20,23,27H,3,15-16,18-19H2,1-2H3,(H,34,35)(H,36,40)(H,41,42). The Hall–Kier alpha value is -4.99. The lowest BCUT2D eigenvalue weighted by atomic mass is 9.97. The smallest absolute Gasteiger partial charge is 0.326 e. The molecule has 10 heteroatoms. The van der Waals surface area contributed by atoms with Gasteiger partial charge in [0.25, 0.3) is 5.91 Å². The van der Waals surface area contributed by atoms with Crippen LogP contribution in [-0.2, 0) is 22.4 Å². The number of nitrogens with zero attached hydrogens (tertiary/aromatic N) is 4. The van der Waals surface area contributed by atoms with E-state index in [0.29, 0.717) is 31.5 Å². The van der Waals surface area contributed by atoms with E-state index in [1.807, 2.05) is 79.2 Å². The van der Waals surface area contributed by atoms with Crippen LogP contribution in [0.15, 0.2) is 79.5 Å². The molecule has 2 unspecified atom stereocenters. The number of benzene rings is 2. The second kappa shape index (κ2) is 12.7. The average molecular weight is 567 g/mol. The summed E-state index contributed by atoms with van der Waals surface area (Å²) < 4.78 is 1.87. The Morgan fingerprint density at radius 1 is 1.10 bits per heavy atom. The molecule has 2 aromatic heterocycles. The summed E-state index contributed by atoms with van der Waals surface area (Å²) in [6.45, 7) is 5.04. The Balaban J connectivity index is 1.23. The summed E-state index contributed by atoms with van der Waals surface area (Å²) >= 11 is 0. The number of hydrogen-bond acceptors (Lipinski definition) is 6. The molecule has 216 valence electrons. The second-order valence-electron chi connectivity index (χ2n) is 10.5. The number of carboxylic acids is 1. The number of rotatable bonds is 11. The number of nitrogens with one attached hydrogen (secondary N) is 2. The second-order valence-corrected chi connectivity index (χ2v) is 10.5. The van der Waals surface area contributed by atoms with Gasteiger partial charge in [-0.25, -0.2) is 14.8 Å². The van der Waals surface area contributed by atoms with Crippen molar-refractivity contribution in [1.29, 1.82) is 0 Å². The van der Waals surface area contributed by atoms with E-state index in [1.165, 1.54) is 0 Å². The maximum Gasteiger partial charge on any atom is 0.326 e. The number of pyridine rings is 1. The van der Waals surface area contributed by atoms with Crippen LogP contribution in [0.1, 0.15) is 40.4 Å². The van der Waals surface area contributed by atoms with E-state index in [0.717, 1.165) is 33.9 Å². The summed E-state index contributed by atoms with van der Waals surface area (Å²) in [6, 6.07) is 15.6. The van der Waals surface area contributed by atoms with Crippen molar-refractivity contribution in [3.63, 3.8) is 0 Å². The maximum atomic E-state index is 13.3. The summed E-state index contributed by atoms with van der Waals surface area (Å²) in [4.78, 5) is 48.3. The molecule has 1 saturated heterocycles. The average Bonchev–Trinajstić information content (AvgIpc) is 3.66. The number of imidazole rings is 1. The molecule has 42 heavy (non-hydrogen) atoms. The molecule has 0 spiro atoms. The van der Waals surface area contributed by atoms with Crippen molar-refractivity contribution >= 4 is 29.3 Å². The van der Waals surface area contributed by atoms with E-state index in [9.17, 15) is 19.5 Å². The Morgan fingerprint density at radius 3 is 2.57 bits per heavy atom. The first kappa shape index (κ1) is 28.5. The Morgan fingerprint density at radius 2 is 1.90 bits per heavy atom. The predicted molar refractivity (Wildman–Crippen MR) is 160 cm³/mol. The molecule has 0 aliphatic carbocycles. The molecule has 10 nitrogen and oxygen atoms in total. The third-order valence-electron chi connectivity index (χ3n) is 7.55. The first-order chi connectivity index (χ1) is 20.3. The highest BCUT2D eigenvalue weighted by Crippen LogP contribution is 2.26. The van der Waals surface area contributed by atoms with Gasteiger partial charge in [-0.3, -0.25) is 9.59 Å².